The molecule has 4 aromatic rings. The third-order valence-corrected chi connectivity index (χ3v) is 7.36. The van der Waals surface area contributed by atoms with Gasteiger partial charge in [0.2, 0.25) is 0 Å². The number of hydrogen-bond acceptors (Lipinski definition) is 6. The number of aromatic nitrogens is 2. The van der Waals surface area contributed by atoms with Gasteiger partial charge in [-0.25, -0.2) is 4.98 Å². The lowest BCUT2D eigenvalue weighted by atomic mass is 10.2. The summed E-state index contributed by atoms with van der Waals surface area (Å²) in [4.78, 5) is 29.9. The number of nitrogens with zero attached hydrogens (tertiary/aromatic N) is 3. The molecule has 1 amide bonds. The average Bonchev–Trinajstić information content (AvgIpc) is 2.87. The van der Waals surface area contributed by atoms with Crippen molar-refractivity contribution in [3.8, 4) is 11.5 Å². The summed E-state index contributed by atoms with van der Waals surface area (Å²) in [6, 6.07) is 14.4. The molecule has 190 valence electrons. The minimum absolute atomic E-state index is 0.189. The third kappa shape index (κ3) is 5.87. The number of para-hydroxylation sites is 1. The monoisotopic (exact) mass is 646 g/mol. The van der Waals surface area contributed by atoms with E-state index in [2.05, 4.69) is 47.3 Å². The van der Waals surface area contributed by atoms with Crippen LogP contribution in [0.4, 0.5) is 5.69 Å². The molecule has 0 spiro atoms. The van der Waals surface area contributed by atoms with Crippen molar-refractivity contribution in [3.05, 3.63) is 89.8 Å². The second-order valence-corrected chi connectivity index (χ2v) is 10.0. The Balaban J connectivity index is 1.60. The first-order valence-electron chi connectivity index (χ1n) is 11.0. The Hall–Kier alpha value is -3.21. The molecular formula is C26H21Br2ClN4O4. The maximum Gasteiger partial charge on any atom is 0.282 e. The van der Waals surface area contributed by atoms with E-state index in [1.165, 1.54) is 18.0 Å². The third-order valence-electron chi connectivity index (χ3n) is 5.43. The number of methoxy groups -OCH3 is 1. The molecule has 1 heterocycles. The molecule has 1 N–H and O–H groups in total. The Bertz CT molecular complexity index is 1600. The van der Waals surface area contributed by atoms with Crippen LogP contribution in [0.5, 0.6) is 11.5 Å². The van der Waals surface area contributed by atoms with Gasteiger partial charge in [-0.1, -0.05) is 45.7 Å². The molecule has 0 aliphatic rings. The van der Waals surface area contributed by atoms with Crippen LogP contribution < -0.4 is 20.3 Å². The molecule has 0 fully saturated rings. The molecule has 0 atom stereocenters. The number of fused-ring (bicyclic) bond motifs is 1. The number of benzene rings is 3. The molecule has 0 saturated heterocycles. The van der Waals surface area contributed by atoms with Crippen molar-refractivity contribution in [1.29, 1.82) is 0 Å². The average molecular weight is 649 g/mol. The highest BCUT2D eigenvalue weighted by Gasteiger charge is 2.19. The number of nitrogens with one attached hydrogen (secondary N) is 1. The second kappa shape index (κ2) is 11.5. The molecule has 0 unspecified atom stereocenters. The van der Waals surface area contributed by atoms with Crippen LogP contribution in [-0.4, -0.2) is 35.5 Å². The van der Waals surface area contributed by atoms with Gasteiger partial charge in [0.15, 0.2) is 18.1 Å². The predicted octanol–water partition coefficient (Wildman–Crippen LogP) is 6.10. The van der Waals surface area contributed by atoms with Gasteiger partial charge in [-0.05, 0) is 65.7 Å². The Kier molecular flexibility index (Phi) is 8.31. The number of anilines is 1. The summed E-state index contributed by atoms with van der Waals surface area (Å²) in [7, 11) is 1.46. The van der Waals surface area contributed by atoms with E-state index in [4.69, 9.17) is 21.1 Å². The lowest BCUT2D eigenvalue weighted by Gasteiger charge is -2.15. The fourth-order valence-electron chi connectivity index (χ4n) is 3.54. The summed E-state index contributed by atoms with van der Waals surface area (Å²) in [6.45, 7) is 3.31. The van der Waals surface area contributed by atoms with Crippen molar-refractivity contribution in [2.24, 2.45) is 5.10 Å². The van der Waals surface area contributed by atoms with Crippen molar-refractivity contribution < 1.29 is 14.3 Å². The van der Waals surface area contributed by atoms with Crippen LogP contribution in [0, 0.1) is 13.8 Å². The van der Waals surface area contributed by atoms with Gasteiger partial charge in [-0.15, -0.1) is 0 Å². The van der Waals surface area contributed by atoms with E-state index < -0.39 is 0 Å². The van der Waals surface area contributed by atoms with Crippen LogP contribution in [0.2, 0.25) is 5.02 Å². The molecule has 0 radical (unpaired) electrons. The summed E-state index contributed by atoms with van der Waals surface area (Å²) >= 11 is 13.4. The minimum atomic E-state index is -0.348. The fraction of sp³-hybridized carbons (Fsp3) is 0.154. The number of carbonyl (C=O) groups excluding carboxylic acids is 1. The molecule has 11 heteroatoms. The van der Waals surface area contributed by atoms with Crippen molar-refractivity contribution in [2.75, 3.05) is 19.0 Å². The smallest absolute Gasteiger partial charge is 0.282 e. The molecule has 4 rings (SSSR count). The largest absolute Gasteiger partial charge is 0.493 e. The van der Waals surface area contributed by atoms with E-state index in [1.807, 2.05) is 37.3 Å². The Labute approximate surface area is 234 Å². The minimum Gasteiger partial charge on any atom is -0.493 e. The van der Waals surface area contributed by atoms with E-state index in [-0.39, 0.29) is 28.8 Å². The number of rotatable bonds is 7. The van der Waals surface area contributed by atoms with Crippen molar-refractivity contribution in [1.82, 2.24) is 9.66 Å². The van der Waals surface area contributed by atoms with Gasteiger partial charge < -0.3 is 14.8 Å². The van der Waals surface area contributed by atoms with Crippen LogP contribution in [0.1, 0.15) is 17.0 Å². The topological polar surface area (TPSA) is 94.8 Å². The summed E-state index contributed by atoms with van der Waals surface area (Å²) in [5.74, 6) is 0.561. The number of ether oxygens (including phenoxy) is 2. The molecule has 3 aromatic carbocycles. The molecule has 1 aromatic heterocycles. The van der Waals surface area contributed by atoms with Gasteiger partial charge in [0.05, 0.1) is 24.2 Å². The van der Waals surface area contributed by atoms with E-state index in [9.17, 15) is 9.59 Å². The summed E-state index contributed by atoms with van der Waals surface area (Å²) in [5.41, 5.74) is 2.42. The van der Waals surface area contributed by atoms with Gasteiger partial charge >= 0.3 is 0 Å². The standard InChI is InChI=1S/C26H21Br2ClN4O4/c1-14-6-4-5-7-19(14)32-22(34)13-37-25-21(36-3)10-16(23(28)24(25)29)12-30-33-15(2)31-20-9-8-17(27)11-18(20)26(33)35/h4-12H,13H2,1-3H3,(H,32,34). The van der Waals surface area contributed by atoms with E-state index in [1.54, 1.807) is 25.1 Å². The fourth-order valence-corrected chi connectivity index (χ4v) is 4.55. The number of halogens is 3. The zero-order chi connectivity index (χ0) is 26.7. The van der Waals surface area contributed by atoms with Crippen molar-refractivity contribution in [2.45, 2.75) is 13.8 Å². The van der Waals surface area contributed by atoms with E-state index in [0.717, 1.165) is 10.0 Å². The van der Waals surface area contributed by atoms with E-state index >= 15 is 0 Å². The quantitative estimate of drug-likeness (QED) is 0.245. The first-order chi connectivity index (χ1) is 17.7. The summed E-state index contributed by atoms with van der Waals surface area (Å²) < 4.78 is 13.6. The first kappa shape index (κ1) is 26.8. The molecule has 0 aliphatic carbocycles. The van der Waals surface area contributed by atoms with Gasteiger partial charge in [0.1, 0.15) is 10.8 Å². The number of carbonyl (C=O) groups is 1. The maximum absolute atomic E-state index is 13.0. The Morgan fingerprint density at radius 1 is 1.19 bits per heavy atom. The van der Waals surface area contributed by atoms with Crippen LogP contribution in [0.25, 0.3) is 10.9 Å². The highest BCUT2D eigenvalue weighted by molar-refractivity contribution is 9.10. The maximum atomic E-state index is 13.0. The predicted molar refractivity (Wildman–Crippen MR) is 152 cm³/mol. The Morgan fingerprint density at radius 3 is 2.68 bits per heavy atom. The number of hydrogen-bond donors (Lipinski definition) is 1. The molecular weight excluding hydrogens is 628 g/mol. The van der Waals surface area contributed by atoms with Gasteiger partial charge in [-0.2, -0.15) is 9.78 Å². The SMILES string of the molecule is COc1cc(C=Nn2c(C)nc3ccc(Br)cc3c2=O)c(Br)c(Cl)c1OCC(=O)Nc1ccccc1C. The first-order valence-corrected chi connectivity index (χ1v) is 12.9. The van der Waals surface area contributed by atoms with Crippen LogP contribution in [0.3, 0.4) is 0 Å². The van der Waals surface area contributed by atoms with Crippen LogP contribution >= 0.6 is 43.5 Å². The lowest BCUT2D eigenvalue weighted by Crippen LogP contribution is -2.21. The number of amides is 1. The molecule has 37 heavy (non-hydrogen) atoms. The molecule has 0 saturated carbocycles. The van der Waals surface area contributed by atoms with Crippen LogP contribution in [-0.2, 0) is 4.79 Å². The van der Waals surface area contributed by atoms with Crippen molar-refractivity contribution in [3.63, 3.8) is 0 Å². The van der Waals surface area contributed by atoms with Gasteiger partial charge in [-0.3, -0.25) is 9.59 Å². The number of aryl methyl sites for hydroxylation is 2. The Morgan fingerprint density at radius 2 is 1.95 bits per heavy atom. The van der Waals surface area contributed by atoms with Gasteiger partial charge in [0.25, 0.3) is 11.5 Å². The summed E-state index contributed by atoms with van der Waals surface area (Å²) in [6.07, 6.45) is 1.47. The molecule has 8 nitrogen and oxygen atoms in total. The molecule has 0 bridgehead atoms. The van der Waals surface area contributed by atoms with Crippen molar-refractivity contribution >= 4 is 72.2 Å². The highest BCUT2D eigenvalue weighted by Crippen LogP contribution is 2.42. The normalized spacial score (nSPS) is 11.2. The highest BCUT2D eigenvalue weighted by atomic mass is 79.9. The zero-order valence-electron chi connectivity index (χ0n) is 20.0. The van der Waals surface area contributed by atoms with Gasteiger partial charge in [0, 0.05) is 20.2 Å². The second-order valence-electron chi connectivity index (χ2n) is 7.96. The zero-order valence-corrected chi connectivity index (χ0v) is 23.9. The van der Waals surface area contributed by atoms with E-state index in [0.29, 0.717) is 38.2 Å². The summed E-state index contributed by atoms with van der Waals surface area (Å²) in [5, 5.41) is 7.77. The lowest BCUT2D eigenvalue weighted by molar-refractivity contribution is -0.118. The van der Waals surface area contributed by atoms with Crippen LogP contribution in [0.15, 0.2) is 67.4 Å². The molecule has 0 aliphatic heterocycles.